The molecule has 0 aliphatic carbocycles. The lowest BCUT2D eigenvalue weighted by Crippen LogP contribution is -2.22. The summed E-state index contributed by atoms with van der Waals surface area (Å²) in [6.45, 7) is 1.57. The van der Waals surface area contributed by atoms with Gasteiger partial charge in [-0.2, -0.15) is 0 Å². The highest BCUT2D eigenvalue weighted by Gasteiger charge is 2.30. The highest BCUT2D eigenvalue weighted by atomic mass is 35.5. The van der Waals surface area contributed by atoms with Crippen molar-refractivity contribution in [2.75, 3.05) is 0 Å². The summed E-state index contributed by atoms with van der Waals surface area (Å²) in [6, 6.07) is 12.8. The fourth-order valence-corrected chi connectivity index (χ4v) is 2.37. The molecule has 1 N–H and O–H groups in total. The molecule has 1 heterocycles. The van der Waals surface area contributed by atoms with Gasteiger partial charge >= 0.3 is 0 Å². The van der Waals surface area contributed by atoms with Crippen LogP contribution in [0.1, 0.15) is 18.2 Å². The Morgan fingerprint density at radius 3 is 2.70 bits per heavy atom. The third-order valence-electron chi connectivity index (χ3n) is 3.34. The maximum absolute atomic E-state index is 13.3. The monoisotopic (exact) mass is 290 g/mol. The van der Waals surface area contributed by atoms with Crippen LogP contribution in [0.3, 0.4) is 0 Å². The summed E-state index contributed by atoms with van der Waals surface area (Å²) in [5.41, 5.74) is -0.350. The molecule has 2 nitrogen and oxygen atoms in total. The van der Waals surface area contributed by atoms with Crippen molar-refractivity contribution in [3.05, 3.63) is 70.7 Å². The topological polar surface area (TPSA) is 33.4 Å². The van der Waals surface area contributed by atoms with E-state index in [2.05, 4.69) is 0 Å². The van der Waals surface area contributed by atoms with E-state index >= 15 is 0 Å². The van der Waals surface area contributed by atoms with E-state index in [9.17, 15) is 9.50 Å². The van der Waals surface area contributed by atoms with Gasteiger partial charge in [-0.1, -0.05) is 23.7 Å². The molecule has 4 heteroatoms. The molecule has 1 unspecified atom stereocenters. The van der Waals surface area contributed by atoms with Crippen LogP contribution in [-0.2, 0) is 5.60 Å². The van der Waals surface area contributed by atoms with Crippen molar-refractivity contribution in [1.82, 2.24) is 0 Å². The zero-order valence-electron chi connectivity index (χ0n) is 10.7. The second kappa shape index (κ2) is 4.62. The molecule has 3 rings (SSSR count). The Labute approximate surface area is 120 Å². The first-order valence-electron chi connectivity index (χ1n) is 6.15. The number of rotatable bonds is 2. The molecule has 0 amide bonds. The lowest BCUT2D eigenvalue weighted by Gasteiger charge is -2.21. The summed E-state index contributed by atoms with van der Waals surface area (Å²) in [4.78, 5) is 0. The number of furan rings is 1. The van der Waals surface area contributed by atoms with Crippen LogP contribution in [0.4, 0.5) is 4.39 Å². The largest absolute Gasteiger partial charge is 0.458 e. The predicted molar refractivity (Wildman–Crippen MR) is 76.3 cm³/mol. The number of fused-ring (bicyclic) bond motifs is 1. The molecule has 0 fully saturated rings. The molecule has 20 heavy (non-hydrogen) atoms. The molecule has 0 spiro atoms. The average molecular weight is 291 g/mol. The van der Waals surface area contributed by atoms with Gasteiger partial charge in [-0.15, -0.1) is 0 Å². The van der Waals surface area contributed by atoms with Gasteiger partial charge in [0.25, 0.3) is 0 Å². The summed E-state index contributed by atoms with van der Waals surface area (Å²) in [7, 11) is 0. The Hall–Kier alpha value is -1.84. The van der Waals surface area contributed by atoms with Gasteiger partial charge in [0, 0.05) is 10.4 Å². The predicted octanol–water partition coefficient (Wildman–Crippen LogP) is 4.48. The molecule has 0 aliphatic heterocycles. The minimum atomic E-state index is -1.41. The van der Waals surface area contributed by atoms with Gasteiger partial charge in [0.15, 0.2) is 0 Å². The molecule has 0 saturated heterocycles. The minimum absolute atomic E-state index is 0.348. The fraction of sp³-hybridized carbons (Fsp3) is 0.125. The van der Waals surface area contributed by atoms with Crippen molar-refractivity contribution in [3.63, 3.8) is 0 Å². The first-order chi connectivity index (χ1) is 9.46. The zero-order chi connectivity index (χ0) is 14.3. The molecule has 102 valence electrons. The van der Waals surface area contributed by atoms with Crippen LogP contribution < -0.4 is 0 Å². The van der Waals surface area contributed by atoms with Gasteiger partial charge in [0.2, 0.25) is 0 Å². The van der Waals surface area contributed by atoms with Crippen molar-refractivity contribution < 1.29 is 13.9 Å². The number of benzene rings is 2. The Morgan fingerprint density at radius 1 is 1.15 bits per heavy atom. The summed E-state index contributed by atoms with van der Waals surface area (Å²) in [5, 5.41) is 12.0. The number of halogens is 2. The molecular formula is C16H12ClFO2. The molecule has 0 aliphatic rings. The van der Waals surface area contributed by atoms with Gasteiger partial charge in [-0.05, 0) is 48.9 Å². The van der Waals surface area contributed by atoms with E-state index < -0.39 is 11.4 Å². The van der Waals surface area contributed by atoms with Gasteiger partial charge in [0.1, 0.15) is 22.8 Å². The van der Waals surface area contributed by atoms with Gasteiger partial charge < -0.3 is 9.52 Å². The Balaban J connectivity index is 2.13. The number of aliphatic hydroxyl groups is 1. The minimum Gasteiger partial charge on any atom is -0.458 e. The van der Waals surface area contributed by atoms with Crippen molar-refractivity contribution in [3.8, 4) is 0 Å². The second-order valence-electron chi connectivity index (χ2n) is 4.88. The van der Waals surface area contributed by atoms with Crippen LogP contribution in [0.5, 0.6) is 0 Å². The van der Waals surface area contributed by atoms with Crippen molar-refractivity contribution in [2.24, 2.45) is 0 Å². The average Bonchev–Trinajstić information content (AvgIpc) is 2.82. The first kappa shape index (κ1) is 13.2. The van der Waals surface area contributed by atoms with E-state index in [4.69, 9.17) is 16.0 Å². The highest BCUT2D eigenvalue weighted by molar-refractivity contribution is 6.31. The Bertz CT molecular complexity index is 777. The third-order valence-corrected chi connectivity index (χ3v) is 3.58. The smallest absolute Gasteiger partial charge is 0.144 e. The van der Waals surface area contributed by atoms with Gasteiger partial charge in [-0.3, -0.25) is 0 Å². The normalized spacial score (nSPS) is 14.4. The maximum Gasteiger partial charge on any atom is 0.144 e. The molecule has 0 radical (unpaired) electrons. The van der Waals surface area contributed by atoms with Crippen LogP contribution in [0.2, 0.25) is 5.02 Å². The maximum atomic E-state index is 13.3. The van der Waals surface area contributed by atoms with Crippen LogP contribution in [0.15, 0.2) is 52.9 Å². The SMILES string of the molecule is CC(O)(c1cccc(F)c1)c1cc2cc(Cl)ccc2o1. The molecule has 1 aromatic heterocycles. The summed E-state index contributed by atoms with van der Waals surface area (Å²) < 4.78 is 19.0. The quantitative estimate of drug-likeness (QED) is 0.755. The van der Waals surface area contributed by atoms with Crippen LogP contribution >= 0.6 is 11.6 Å². The summed E-state index contributed by atoms with van der Waals surface area (Å²) >= 11 is 5.93. The Kier molecular flexibility index (Phi) is 3.04. The number of hydrogen-bond donors (Lipinski definition) is 1. The zero-order valence-corrected chi connectivity index (χ0v) is 11.5. The van der Waals surface area contributed by atoms with Crippen LogP contribution in [0.25, 0.3) is 11.0 Å². The van der Waals surface area contributed by atoms with Crippen molar-refractivity contribution >= 4 is 22.6 Å². The van der Waals surface area contributed by atoms with Gasteiger partial charge in [-0.25, -0.2) is 4.39 Å². The Morgan fingerprint density at radius 2 is 1.95 bits per heavy atom. The molecule has 2 aromatic carbocycles. The van der Waals surface area contributed by atoms with Crippen molar-refractivity contribution in [2.45, 2.75) is 12.5 Å². The molecule has 1 atom stereocenters. The van der Waals surface area contributed by atoms with E-state index in [0.717, 1.165) is 5.39 Å². The van der Waals surface area contributed by atoms with E-state index in [1.54, 1.807) is 43.3 Å². The summed E-state index contributed by atoms with van der Waals surface area (Å²) in [5.74, 6) is -0.0534. The van der Waals surface area contributed by atoms with Gasteiger partial charge in [0.05, 0.1) is 0 Å². The summed E-state index contributed by atoms with van der Waals surface area (Å²) in [6.07, 6.45) is 0. The molecule has 0 bridgehead atoms. The second-order valence-corrected chi connectivity index (χ2v) is 5.31. The molecule has 0 saturated carbocycles. The fourth-order valence-electron chi connectivity index (χ4n) is 2.19. The highest BCUT2D eigenvalue weighted by Crippen LogP contribution is 2.34. The van der Waals surface area contributed by atoms with E-state index in [1.807, 2.05) is 0 Å². The lowest BCUT2D eigenvalue weighted by molar-refractivity contribution is 0.0783. The molecule has 3 aromatic rings. The third kappa shape index (κ3) is 2.19. The van der Waals surface area contributed by atoms with Crippen molar-refractivity contribution in [1.29, 1.82) is 0 Å². The van der Waals surface area contributed by atoms with E-state index in [-0.39, 0.29) is 0 Å². The standard InChI is InChI=1S/C16H12ClFO2/c1-16(19,11-3-2-4-13(18)9-11)15-8-10-7-12(17)5-6-14(10)20-15/h2-9,19H,1H3. The van der Waals surface area contributed by atoms with E-state index in [1.165, 1.54) is 12.1 Å². The lowest BCUT2D eigenvalue weighted by atomic mass is 9.93. The first-order valence-corrected chi connectivity index (χ1v) is 6.52. The van der Waals surface area contributed by atoms with E-state index in [0.29, 0.717) is 21.9 Å². The molecular weight excluding hydrogens is 279 g/mol. The number of hydrogen-bond acceptors (Lipinski definition) is 2. The van der Waals surface area contributed by atoms with Crippen LogP contribution in [0, 0.1) is 5.82 Å². The van der Waals surface area contributed by atoms with Crippen LogP contribution in [-0.4, -0.2) is 5.11 Å².